The number of carbonyl (C=O) groups is 1. The van der Waals surface area contributed by atoms with Gasteiger partial charge in [-0.1, -0.05) is 42.5 Å². The Kier molecular flexibility index (Phi) is 5.03. The van der Waals surface area contributed by atoms with Crippen LogP contribution in [0.2, 0.25) is 0 Å². The predicted molar refractivity (Wildman–Crippen MR) is 88.4 cm³/mol. The van der Waals surface area contributed by atoms with Crippen LogP contribution in [-0.4, -0.2) is 19.0 Å². The molecule has 23 heavy (non-hydrogen) atoms. The van der Waals surface area contributed by atoms with Crippen molar-refractivity contribution in [3.05, 3.63) is 71.5 Å². The number of hydrogen-bond acceptors (Lipinski definition) is 2. The molecule has 0 spiro atoms. The largest absolute Gasteiger partial charge is 0.345 e. The molecule has 0 aliphatic carbocycles. The molecule has 1 unspecified atom stereocenters. The van der Waals surface area contributed by atoms with E-state index < -0.39 is 0 Å². The van der Waals surface area contributed by atoms with E-state index in [0.717, 1.165) is 37.1 Å². The van der Waals surface area contributed by atoms with Crippen LogP contribution in [0.3, 0.4) is 0 Å². The molecule has 1 heterocycles. The van der Waals surface area contributed by atoms with Gasteiger partial charge in [-0.3, -0.25) is 4.79 Å². The Balaban J connectivity index is 1.83. The fourth-order valence-electron chi connectivity index (χ4n) is 3.00. The van der Waals surface area contributed by atoms with Crippen LogP contribution >= 0.6 is 0 Å². The number of benzene rings is 2. The highest BCUT2D eigenvalue weighted by molar-refractivity contribution is 5.79. The molecule has 1 atom stereocenters. The summed E-state index contributed by atoms with van der Waals surface area (Å²) in [5, 5.41) is 6.42. The number of rotatable bonds is 4. The molecule has 0 aromatic heterocycles. The van der Waals surface area contributed by atoms with Gasteiger partial charge in [0.2, 0.25) is 5.91 Å². The van der Waals surface area contributed by atoms with Crippen LogP contribution in [0, 0.1) is 11.7 Å². The van der Waals surface area contributed by atoms with Crippen LogP contribution in [0.15, 0.2) is 54.6 Å². The minimum absolute atomic E-state index is 0.0444. The van der Waals surface area contributed by atoms with Crippen molar-refractivity contribution < 1.29 is 9.18 Å². The minimum atomic E-state index is -0.273. The van der Waals surface area contributed by atoms with Gasteiger partial charge in [-0.15, -0.1) is 0 Å². The van der Waals surface area contributed by atoms with Gasteiger partial charge in [0, 0.05) is 5.92 Å². The number of carbonyl (C=O) groups excluding carboxylic acids is 1. The van der Waals surface area contributed by atoms with Crippen molar-refractivity contribution in [2.75, 3.05) is 13.1 Å². The van der Waals surface area contributed by atoms with E-state index in [4.69, 9.17) is 0 Å². The van der Waals surface area contributed by atoms with E-state index in [1.165, 1.54) is 12.1 Å². The maximum atomic E-state index is 13.2. The van der Waals surface area contributed by atoms with E-state index in [1.807, 2.05) is 30.3 Å². The first kappa shape index (κ1) is 15.7. The SMILES string of the molecule is O=C(NC(c1ccccc1)c1ccc(F)cc1)C1CCNCC1. The van der Waals surface area contributed by atoms with Crippen molar-refractivity contribution in [1.82, 2.24) is 10.6 Å². The van der Waals surface area contributed by atoms with Gasteiger partial charge < -0.3 is 10.6 Å². The van der Waals surface area contributed by atoms with E-state index in [1.54, 1.807) is 12.1 Å². The fourth-order valence-corrected chi connectivity index (χ4v) is 3.00. The zero-order valence-electron chi connectivity index (χ0n) is 13.0. The van der Waals surface area contributed by atoms with Crippen LogP contribution in [0.5, 0.6) is 0 Å². The summed E-state index contributed by atoms with van der Waals surface area (Å²) in [4.78, 5) is 12.6. The molecule has 2 aromatic rings. The number of nitrogens with one attached hydrogen (secondary N) is 2. The summed E-state index contributed by atoms with van der Waals surface area (Å²) in [6.45, 7) is 1.76. The lowest BCUT2D eigenvalue weighted by Crippen LogP contribution is -2.40. The molecule has 0 bridgehead atoms. The molecule has 1 saturated heterocycles. The highest BCUT2D eigenvalue weighted by Gasteiger charge is 2.24. The van der Waals surface area contributed by atoms with Crippen LogP contribution in [-0.2, 0) is 4.79 Å². The lowest BCUT2D eigenvalue weighted by atomic mass is 9.94. The van der Waals surface area contributed by atoms with Gasteiger partial charge in [0.1, 0.15) is 5.82 Å². The van der Waals surface area contributed by atoms with Gasteiger partial charge in [0.05, 0.1) is 6.04 Å². The van der Waals surface area contributed by atoms with E-state index >= 15 is 0 Å². The lowest BCUT2D eigenvalue weighted by Gasteiger charge is -2.26. The standard InChI is InChI=1S/C19H21FN2O/c20-17-8-6-15(7-9-17)18(14-4-2-1-3-5-14)22-19(23)16-10-12-21-13-11-16/h1-9,16,18,21H,10-13H2,(H,22,23). The topological polar surface area (TPSA) is 41.1 Å². The highest BCUT2D eigenvalue weighted by Crippen LogP contribution is 2.24. The quantitative estimate of drug-likeness (QED) is 0.911. The van der Waals surface area contributed by atoms with Gasteiger partial charge in [-0.25, -0.2) is 4.39 Å². The fraction of sp³-hybridized carbons (Fsp3) is 0.316. The molecule has 2 aromatic carbocycles. The Hall–Kier alpha value is -2.20. The third-order valence-corrected chi connectivity index (χ3v) is 4.33. The summed E-state index contributed by atoms with van der Waals surface area (Å²) in [6, 6.07) is 15.9. The molecule has 1 amide bonds. The molecular formula is C19H21FN2O. The Morgan fingerprint density at radius 3 is 2.26 bits per heavy atom. The average molecular weight is 312 g/mol. The van der Waals surface area contributed by atoms with Crippen LogP contribution in [0.4, 0.5) is 4.39 Å². The average Bonchev–Trinajstić information content (AvgIpc) is 2.62. The second kappa shape index (κ2) is 7.38. The summed E-state index contributed by atoms with van der Waals surface area (Å²) in [5.41, 5.74) is 1.89. The van der Waals surface area contributed by atoms with Gasteiger partial charge >= 0.3 is 0 Å². The van der Waals surface area contributed by atoms with Crippen LogP contribution in [0.1, 0.15) is 30.0 Å². The zero-order valence-corrected chi connectivity index (χ0v) is 13.0. The third-order valence-electron chi connectivity index (χ3n) is 4.33. The predicted octanol–water partition coefficient (Wildman–Crippen LogP) is 3.03. The Labute approximate surface area is 135 Å². The molecule has 3 rings (SSSR count). The van der Waals surface area contributed by atoms with Crippen molar-refractivity contribution in [3.8, 4) is 0 Å². The highest BCUT2D eigenvalue weighted by atomic mass is 19.1. The number of piperidine rings is 1. The Morgan fingerprint density at radius 2 is 1.61 bits per heavy atom. The van der Waals surface area contributed by atoms with E-state index in [-0.39, 0.29) is 23.7 Å². The third kappa shape index (κ3) is 3.96. The zero-order chi connectivity index (χ0) is 16.1. The second-order valence-electron chi connectivity index (χ2n) is 5.93. The molecule has 3 nitrogen and oxygen atoms in total. The molecular weight excluding hydrogens is 291 g/mol. The molecule has 1 aliphatic rings. The molecule has 4 heteroatoms. The van der Waals surface area contributed by atoms with Gasteiger partial charge in [-0.05, 0) is 49.2 Å². The molecule has 1 fully saturated rings. The van der Waals surface area contributed by atoms with Gasteiger partial charge in [0.25, 0.3) is 0 Å². The maximum Gasteiger partial charge on any atom is 0.223 e. The van der Waals surface area contributed by atoms with Crippen molar-refractivity contribution in [1.29, 1.82) is 0 Å². The van der Waals surface area contributed by atoms with Crippen molar-refractivity contribution >= 4 is 5.91 Å². The first-order valence-electron chi connectivity index (χ1n) is 8.05. The van der Waals surface area contributed by atoms with Gasteiger partial charge in [-0.2, -0.15) is 0 Å². The van der Waals surface area contributed by atoms with E-state index in [2.05, 4.69) is 10.6 Å². The summed E-state index contributed by atoms with van der Waals surface area (Å²) in [7, 11) is 0. The normalized spacial score (nSPS) is 16.7. The van der Waals surface area contributed by atoms with E-state index in [9.17, 15) is 9.18 Å². The van der Waals surface area contributed by atoms with Gasteiger partial charge in [0.15, 0.2) is 0 Å². The molecule has 0 radical (unpaired) electrons. The number of hydrogen-bond donors (Lipinski definition) is 2. The lowest BCUT2D eigenvalue weighted by molar-refractivity contribution is -0.126. The number of halogens is 1. The first-order valence-corrected chi connectivity index (χ1v) is 8.05. The minimum Gasteiger partial charge on any atom is -0.345 e. The molecule has 2 N–H and O–H groups in total. The summed E-state index contributed by atoms with van der Waals surface area (Å²) in [6.07, 6.45) is 1.72. The molecule has 1 aliphatic heterocycles. The van der Waals surface area contributed by atoms with Crippen LogP contribution < -0.4 is 10.6 Å². The summed E-state index contributed by atoms with van der Waals surface area (Å²) < 4.78 is 13.2. The van der Waals surface area contributed by atoms with Crippen molar-refractivity contribution in [2.45, 2.75) is 18.9 Å². The second-order valence-corrected chi connectivity index (χ2v) is 5.93. The smallest absolute Gasteiger partial charge is 0.223 e. The van der Waals surface area contributed by atoms with E-state index in [0.29, 0.717) is 0 Å². The van der Waals surface area contributed by atoms with Crippen molar-refractivity contribution in [3.63, 3.8) is 0 Å². The first-order chi connectivity index (χ1) is 11.2. The maximum absolute atomic E-state index is 13.2. The Morgan fingerprint density at radius 1 is 1.00 bits per heavy atom. The summed E-state index contributed by atoms with van der Waals surface area (Å²) >= 11 is 0. The summed E-state index contributed by atoms with van der Waals surface area (Å²) in [5.74, 6) is -0.155. The van der Waals surface area contributed by atoms with Crippen molar-refractivity contribution in [2.24, 2.45) is 5.92 Å². The van der Waals surface area contributed by atoms with Crippen LogP contribution in [0.25, 0.3) is 0 Å². The Bertz CT molecular complexity index is 636. The monoisotopic (exact) mass is 312 g/mol. The number of amides is 1. The molecule has 0 saturated carbocycles. The molecule has 120 valence electrons.